The van der Waals surface area contributed by atoms with Crippen molar-refractivity contribution in [3.63, 3.8) is 0 Å². The molecular weight excluding hydrogens is 284 g/mol. The van der Waals surface area contributed by atoms with Crippen molar-refractivity contribution in [2.45, 2.75) is 25.8 Å². The SMILES string of the molecule is COc1ccccc1CN(C)c1nc2c(s1)C(=O)CCC2. The second-order valence-electron chi connectivity index (χ2n) is 5.22. The molecule has 0 aliphatic heterocycles. The smallest absolute Gasteiger partial charge is 0.186 e. The summed E-state index contributed by atoms with van der Waals surface area (Å²) in [5, 5.41) is 0.904. The van der Waals surface area contributed by atoms with Crippen molar-refractivity contribution in [2.75, 3.05) is 19.1 Å². The van der Waals surface area contributed by atoms with E-state index in [2.05, 4.69) is 9.88 Å². The van der Waals surface area contributed by atoms with Crippen LogP contribution in [0.4, 0.5) is 5.13 Å². The van der Waals surface area contributed by atoms with Crippen molar-refractivity contribution in [3.8, 4) is 5.75 Å². The van der Waals surface area contributed by atoms with Crippen molar-refractivity contribution >= 4 is 22.3 Å². The summed E-state index contributed by atoms with van der Waals surface area (Å²) >= 11 is 1.51. The molecule has 1 aliphatic rings. The van der Waals surface area contributed by atoms with E-state index in [1.807, 2.05) is 31.3 Å². The van der Waals surface area contributed by atoms with Gasteiger partial charge >= 0.3 is 0 Å². The lowest BCUT2D eigenvalue weighted by Crippen LogP contribution is -2.16. The van der Waals surface area contributed by atoms with Gasteiger partial charge in [0.1, 0.15) is 5.75 Å². The maximum atomic E-state index is 11.9. The van der Waals surface area contributed by atoms with Gasteiger partial charge in [0, 0.05) is 25.6 Å². The molecule has 0 radical (unpaired) electrons. The molecule has 2 aromatic rings. The molecule has 1 aromatic heterocycles. The van der Waals surface area contributed by atoms with Crippen LogP contribution in [0.1, 0.15) is 33.8 Å². The van der Waals surface area contributed by atoms with Crippen LogP contribution in [0.25, 0.3) is 0 Å². The number of ether oxygens (including phenoxy) is 1. The molecule has 0 amide bonds. The molecule has 0 spiro atoms. The van der Waals surface area contributed by atoms with Crippen LogP contribution in [0.2, 0.25) is 0 Å². The summed E-state index contributed by atoms with van der Waals surface area (Å²) in [6, 6.07) is 7.97. The molecule has 1 aliphatic carbocycles. The Kier molecular flexibility index (Phi) is 3.92. The van der Waals surface area contributed by atoms with E-state index in [4.69, 9.17) is 4.74 Å². The van der Waals surface area contributed by atoms with E-state index < -0.39 is 0 Å². The first-order valence-corrected chi connectivity index (χ1v) is 7.86. The molecular formula is C16H18N2O2S. The van der Waals surface area contributed by atoms with Gasteiger partial charge in [-0.1, -0.05) is 29.5 Å². The van der Waals surface area contributed by atoms with Crippen LogP contribution < -0.4 is 9.64 Å². The highest BCUT2D eigenvalue weighted by Gasteiger charge is 2.23. The largest absolute Gasteiger partial charge is 0.496 e. The van der Waals surface area contributed by atoms with Crippen LogP contribution in [0.3, 0.4) is 0 Å². The topological polar surface area (TPSA) is 42.4 Å². The summed E-state index contributed by atoms with van der Waals surface area (Å²) in [5.74, 6) is 1.12. The Balaban J connectivity index is 1.82. The number of carbonyl (C=O) groups is 1. The van der Waals surface area contributed by atoms with Gasteiger partial charge in [-0.2, -0.15) is 0 Å². The highest BCUT2D eigenvalue weighted by atomic mass is 32.1. The van der Waals surface area contributed by atoms with Crippen molar-refractivity contribution in [1.82, 2.24) is 4.98 Å². The molecule has 4 nitrogen and oxygen atoms in total. The van der Waals surface area contributed by atoms with E-state index in [-0.39, 0.29) is 5.78 Å². The second-order valence-corrected chi connectivity index (χ2v) is 6.19. The molecule has 21 heavy (non-hydrogen) atoms. The van der Waals surface area contributed by atoms with Gasteiger partial charge in [-0.15, -0.1) is 0 Å². The van der Waals surface area contributed by atoms with Gasteiger partial charge in [-0.3, -0.25) is 4.79 Å². The van der Waals surface area contributed by atoms with Crippen LogP contribution in [-0.4, -0.2) is 24.9 Å². The molecule has 0 fully saturated rings. The zero-order valence-corrected chi connectivity index (χ0v) is 13.1. The van der Waals surface area contributed by atoms with Gasteiger partial charge < -0.3 is 9.64 Å². The van der Waals surface area contributed by atoms with Crippen molar-refractivity contribution in [1.29, 1.82) is 0 Å². The minimum atomic E-state index is 0.241. The molecule has 5 heteroatoms. The highest BCUT2D eigenvalue weighted by molar-refractivity contribution is 7.17. The first-order chi connectivity index (χ1) is 10.2. The normalized spacial score (nSPS) is 13.9. The number of rotatable bonds is 4. The molecule has 1 aromatic carbocycles. The average molecular weight is 302 g/mol. The number of carbonyl (C=O) groups excluding carboxylic acids is 1. The number of Topliss-reactive ketones (excluding diaryl/α,β-unsaturated/α-hetero) is 1. The van der Waals surface area contributed by atoms with E-state index in [9.17, 15) is 4.79 Å². The third kappa shape index (κ3) is 2.78. The number of aromatic nitrogens is 1. The highest BCUT2D eigenvalue weighted by Crippen LogP contribution is 2.32. The first-order valence-electron chi connectivity index (χ1n) is 7.05. The Bertz CT molecular complexity index is 666. The summed E-state index contributed by atoms with van der Waals surface area (Å²) in [6.07, 6.45) is 2.50. The quantitative estimate of drug-likeness (QED) is 0.869. The monoisotopic (exact) mass is 302 g/mol. The van der Waals surface area contributed by atoms with Gasteiger partial charge in [0.2, 0.25) is 0 Å². The molecule has 0 bridgehead atoms. The number of fused-ring (bicyclic) bond motifs is 1. The fourth-order valence-corrected chi connectivity index (χ4v) is 3.62. The Hall–Kier alpha value is -1.88. The summed E-state index contributed by atoms with van der Waals surface area (Å²) in [7, 11) is 3.68. The molecule has 3 rings (SSSR count). The minimum Gasteiger partial charge on any atom is -0.496 e. The van der Waals surface area contributed by atoms with Crippen molar-refractivity contribution in [3.05, 3.63) is 40.4 Å². The second kappa shape index (κ2) is 5.85. The first kappa shape index (κ1) is 14.1. The van der Waals surface area contributed by atoms with E-state index in [0.29, 0.717) is 13.0 Å². The van der Waals surface area contributed by atoms with Crippen molar-refractivity contribution < 1.29 is 9.53 Å². The van der Waals surface area contributed by atoms with Crippen LogP contribution in [0.5, 0.6) is 5.75 Å². The van der Waals surface area contributed by atoms with Crippen LogP contribution in [-0.2, 0) is 13.0 Å². The Labute approximate surface area is 128 Å². The summed E-state index contributed by atoms with van der Waals surface area (Å²) in [5.41, 5.74) is 2.08. The Morgan fingerprint density at radius 1 is 1.33 bits per heavy atom. The molecule has 110 valence electrons. The number of aryl methyl sites for hydroxylation is 1. The zero-order chi connectivity index (χ0) is 14.8. The number of benzene rings is 1. The molecule has 0 saturated heterocycles. The summed E-state index contributed by atoms with van der Waals surface area (Å²) in [4.78, 5) is 19.5. The number of anilines is 1. The van der Waals surface area contributed by atoms with Crippen LogP contribution >= 0.6 is 11.3 Å². The molecule has 0 atom stereocenters. The number of thiazole rings is 1. The van der Waals surface area contributed by atoms with Gasteiger partial charge in [0.15, 0.2) is 10.9 Å². The van der Waals surface area contributed by atoms with E-state index in [1.165, 1.54) is 11.3 Å². The number of nitrogens with zero attached hydrogens (tertiary/aromatic N) is 2. The lowest BCUT2D eigenvalue weighted by Gasteiger charge is -2.17. The maximum Gasteiger partial charge on any atom is 0.186 e. The van der Waals surface area contributed by atoms with Crippen LogP contribution in [0.15, 0.2) is 24.3 Å². The minimum absolute atomic E-state index is 0.241. The maximum absolute atomic E-state index is 11.9. The molecule has 0 unspecified atom stereocenters. The summed E-state index contributed by atoms with van der Waals surface area (Å²) < 4.78 is 5.38. The van der Waals surface area contributed by atoms with Gasteiger partial charge in [0.25, 0.3) is 0 Å². The zero-order valence-electron chi connectivity index (χ0n) is 12.3. The molecule has 0 N–H and O–H groups in total. The number of hydrogen-bond donors (Lipinski definition) is 0. The number of ketones is 1. The fraction of sp³-hybridized carbons (Fsp3) is 0.375. The van der Waals surface area contributed by atoms with Gasteiger partial charge in [-0.05, 0) is 18.9 Å². The third-order valence-corrected chi connectivity index (χ3v) is 4.94. The van der Waals surface area contributed by atoms with E-state index >= 15 is 0 Å². The lowest BCUT2D eigenvalue weighted by atomic mass is 10.0. The van der Waals surface area contributed by atoms with E-state index in [1.54, 1.807) is 7.11 Å². The lowest BCUT2D eigenvalue weighted by molar-refractivity contribution is 0.0976. The van der Waals surface area contributed by atoms with Gasteiger partial charge in [-0.25, -0.2) is 4.98 Å². The predicted molar refractivity (Wildman–Crippen MR) is 84.5 cm³/mol. The molecule has 1 heterocycles. The predicted octanol–water partition coefficient (Wildman–Crippen LogP) is 3.31. The van der Waals surface area contributed by atoms with Crippen molar-refractivity contribution in [2.24, 2.45) is 0 Å². The van der Waals surface area contributed by atoms with Gasteiger partial charge in [0.05, 0.1) is 17.7 Å². The number of methoxy groups -OCH3 is 1. The van der Waals surface area contributed by atoms with E-state index in [0.717, 1.165) is 39.9 Å². The summed E-state index contributed by atoms with van der Waals surface area (Å²) in [6.45, 7) is 0.713. The Morgan fingerprint density at radius 3 is 2.90 bits per heavy atom. The standard InChI is InChI=1S/C16H18N2O2S/c1-18(10-11-6-3-4-9-14(11)20-2)16-17-12-7-5-8-13(19)15(12)21-16/h3-4,6,9H,5,7-8,10H2,1-2H3. The number of para-hydroxylation sites is 1. The average Bonchev–Trinajstić information content (AvgIpc) is 2.93. The van der Waals surface area contributed by atoms with Crippen LogP contribution in [0, 0.1) is 0 Å². The number of hydrogen-bond acceptors (Lipinski definition) is 5. The third-order valence-electron chi connectivity index (χ3n) is 3.68. The fourth-order valence-electron chi connectivity index (χ4n) is 2.58. The Morgan fingerprint density at radius 2 is 2.14 bits per heavy atom. The molecule has 0 saturated carbocycles.